The molecule has 0 aromatic carbocycles. The van der Waals surface area contributed by atoms with E-state index in [4.69, 9.17) is 9.47 Å². The van der Waals surface area contributed by atoms with E-state index in [0.29, 0.717) is 31.9 Å². The predicted octanol–water partition coefficient (Wildman–Crippen LogP) is 7.68. The molecule has 1 unspecified atom stereocenters. The summed E-state index contributed by atoms with van der Waals surface area (Å²) in [5.41, 5.74) is -1.89. The lowest BCUT2D eigenvalue weighted by atomic mass is 9.72. The monoisotopic (exact) mass is 548 g/mol. The van der Waals surface area contributed by atoms with Gasteiger partial charge in [-0.1, -0.05) is 78.1 Å². The van der Waals surface area contributed by atoms with E-state index < -0.39 is 11.3 Å². The summed E-state index contributed by atoms with van der Waals surface area (Å²) in [6, 6.07) is 0. The smallest absolute Gasteiger partial charge is 0.307 e. The van der Waals surface area contributed by atoms with E-state index in [1.165, 1.54) is 51.4 Å². The van der Waals surface area contributed by atoms with Gasteiger partial charge in [-0.2, -0.15) is 0 Å². The fraction of sp³-hybridized carbons (Fsp3) is 0.939. The molecule has 0 radical (unpaired) electrons. The Hall–Kier alpha value is -1.14. The van der Waals surface area contributed by atoms with E-state index in [1.54, 1.807) is 0 Å². The summed E-state index contributed by atoms with van der Waals surface area (Å²) < 4.78 is 12.9. The number of hydrogen-bond donors (Lipinski definition) is 1. The molecule has 39 heavy (non-hydrogen) atoms. The molecule has 0 aromatic heterocycles. The minimum absolute atomic E-state index is 0.0967. The molecule has 1 N–H and O–H groups in total. The van der Waals surface area contributed by atoms with Gasteiger partial charge in [0.1, 0.15) is 5.72 Å². The number of ether oxygens (including phenoxy) is 2. The van der Waals surface area contributed by atoms with Crippen LogP contribution in [0.4, 0.5) is 0 Å². The quantitative estimate of drug-likeness (QED) is 0.299. The molecule has 1 amide bonds. The predicted molar refractivity (Wildman–Crippen MR) is 158 cm³/mol. The van der Waals surface area contributed by atoms with E-state index in [-0.39, 0.29) is 29.4 Å². The maximum Gasteiger partial charge on any atom is 0.307 e. The summed E-state index contributed by atoms with van der Waals surface area (Å²) >= 11 is 0. The summed E-state index contributed by atoms with van der Waals surface area (Å²) in [4.78, 5) is 29.4. The van der Waals surface area contributed by atoms with Crippen molar-refractivity contribution in [3.05, 3.63) is 0 Å². The Kier molecular flexibility index (Phi) is 11.8. The second-order valence-corrected chi connectivity index (χ2v) is 14.3. The lowest BCUT2D eigenvalue weighted by molar-refractivity contribution is -0.177. The van der Waals surface area contributed by atoms with Crippen molar-refractivity contribution in [3.8, 4) is 0 Å². The van der Waals surface area contributed by atoms with Crippen LogP contribution < -0.4 is 5.32 Å². The largest absolute Gasteiger partial charge is 0.465 e. The van der Waals surface area contributed by atoms with E-state index in [1.807, 2.05) is 4.90 Å². The lowest BCUT2D eigenvalue weighted by Gasteiger charge is -2.50. The molecular formula is C33H60N2O4. The SMILES string of the molecule is CCCCC(CC)COC(=O)CCN1C(=O)C2(CC(C)(C)NC(C)(C)C2)OC12CCCCCCCCCCC2. The molecule has 2 spiro atoms. The van der Waals surface area contributed by atoms with Gasteiger partial charge < -0.3 is 19.7 Å². The van der Waals surface area contributed by atoms with Crippen molar-refractivity contribution in [2.24, 2.45) is 5.92 Å². The topological polar surface area (TPSA) is 67.9 Å². The van der Waals surface area contributed by atoms with E-state index in [0.717, 1.165) is 44.9 Å². The highest BCUT2D eigenvalue weighted by molar-refractivity contribution is 5.89. The highest BCUT2D eigenvalue weighted by Gasteiger charge is 2.64. The Balaban J connectivity index is 1.81. The molecule has 3 rings (SSSR count). The van der Waals surface area contributed by atoms with Gasteiger partial charge in [0.25, 0.3) is 5.91 Å². The van der Waals surface area contributed by atoms with Gasteiger partial charge in [-0.25, -0.2) is 0 Å². The maximum atomic E-state index is 14.5. The average molecular weight is 549 g/mol. The average Bonchev–Trinajstić information content (AvgIpc) is 3.04. The molecular weight excluding hydrogens is 488 g/mol. The molecule has 226 valence electrons. The fourth-order valence-electron chi connectivity index (χ4n) is 7.84. The number of carbonyl (C=O) groups excluding carboxylic acids is 2. The number of rotatable bonds is 9. The summed E-state index contributed by atoms with van der Waals surface area (Å²) in [5.74, 6) is 0.332. The van der Waals surface area contributed by atoms with Crippen LogP contribution in [0.25, 0.3) is 0 Å². The number of carbonyl (C=O) groups is 2. The molecule has 6 nitrogen and oxygen atoms in total. The number of nitrogens with one attached hydrogen (secondary N) is 1. The number of unbranched alkanes of at least 4 members (excludes halogenated alkanes) is 1. The molecule has 0 bridgehead atoms. The Morgan fingerprint density at radius 1 is 0.923 bits per heavy atom. The Morgan fingerprint density at radius 3 is 1.97 bits per heavy atom. The first-order valence-corrected chi connectivity index (χ1v) is 16.4. The first-order valence-electron chi connectivity index (χ1n) is 16.4. The normalized spacial score (nSPS) is 25.7. The molecule has 2 aliphatic heterocycles. The molecule has 3 fully saturated rings. The number of hydrogen-bond acceptors (Lipinski definition) is 5. The van der Waals surface area contributed by atoms with Gasteiger partial charge >= 0.3 is 5.97 Å². The minimum Gasteiger partial charge on any atom is -0.465 e. The summed E-state index contributed by atoms with van der Waals surface area (Å²) in [5, 5.41) is 3.74. The standard InChI is InChI=1S/C33H60N2O4/c1-7-9-19-27(8-2)24-38-28(36)20-23-35-29(37)32(25-30(3,4)34-31(5,6)26-32)39-33(35)21-17-15-13-11-10-12-14-16-18-22-33/h27,34H,7-26H2,1-6H3. The van der Waals surface area contributed by atoms with Crippen molar-refractivity contribution in [3.63, 3.8) is 0 Å². The lowest BCUT2D eigenvalue weighted by Crippen LogP contribution is -2.65. The fourth-order valence-corrected chi connectivity index (χ4v) is 7.84. The van der Waals surface area contributed by atoms with Crippen molar-refractivity contribution in [2.75, 3.05) is 13.2 Å². The molecule has 1 aliphatic carbocycles. The van der Waals surface area contributed by atoms with Crippen LogP contribution in [-0.4, -0.2) is 52.3 Å². The summed E-state index contributed by atoms with van der Waals surface area (Å²) in [6.07, 6.45) is 18.6. The van der Waals surface area contributed by atoms with Crippen LogP contribution in [0, 0.1) is 5.92 Å². The van der Waals surface area contributed by atoms with Crippen molar-refractivity contribution in [2.45, 2.75) is 180 Å². The number of amides is 1. The van der Waals surface area contributed by atoms with Gasteiger partial charge in [-0.05, 0) is 65.7 Å². The second-order valence-electron chi connectivity index (χ2n) is 14.3. The van der Waals surface area contributed by atoms with Crippen LogP contribution in [0.15, 0.2) is 0 Å². The maximum absolute atomic E-state index is 14.5. The van der Waals surface area contributed by atoms with Crippen molar-refractivity contribution >= 4 is 11.9 Å². The van der Waals surface area contributed by atoms with Crippen LogP contribution in [0.5, 0.6) is 0 Å². The Bertz CT molecular complexity index is 765. The van der Waals surface area contributed by atoms with Crippen LogP contribution in [0.2, 0.25) is 0 Å². The summed E-state index contributed by atoms with van der Waals surface area (Å²) in [7, 11) is 0. The van der Waals surface area contributed by atoms with E-state index >= 15 is 0 Å². The van der Waals surface area contributed by atoms with Crippen LogP contribution in [0.3, 0.4) is 0 Å². The molecule has 2 saturated heterocycles. The van der Waals surface area contributed by atoms with Gasteiger partial charge in [0.05, 0.1) is 13.0 Å². The van der Waals surface area contributed by atoms with Gasteiger partial charge in [0.2, 0.25) is 0 Å². The second kappa shape index (κ2) is 14.2. The molecule has 1 atom stereocenters. The third kappa shape index (κ3) is 8.92. The molecule has 6 heteroatoms. The van der Waals surface area contributed by atoms with Crippen LogP contribution in [-0.2, 0) is 19.1 Å². The molecule has 0 aromatic rings. The van der Waals surface area contributed by atoms with Gasteiger partial charge in [-0.15, -0.1) is 0 Å². The first kappa shape index (κ1) is 32.4. The highest BCUT2D eigenvalue weighted by Crippen LogP contribution is 2.50. The zero-order chi connectivity index (χ0) is 28.6. The molecule has 3 aliphatic rings. The van der Waals surface area contributed by atoms with Crippen molar-refractivity contribution < 1.29 is 19.1 Å². The Morgan fingerprint density at radius 2 is 1.46 bits per heavy atom. The summed E-state index contributed by atoms with van der Waals surface area (Å²) in [6.45, 7) is 14.0. The molecule has 2 heterocycles. The van der Waals surface area contributed by atoms with Crippen molar-refractivity contribution in [1.29, 1.82) is 0 Å². The zero-order valence-corrected chi connectivity index (χ0v) is 26.3. The first-order chi connectivity index (χ1) is 18.5. The number of nitrogens with zero attached hydrogens (tertiary/aromatic N) is 1. The Labute approximate surface area is 239 Å². The van der Waals surface area contributed by atoms with Gasteiger partial charge in [0, 0.05) is 30.5 Å². The number of esters is 1. The molecule has 1 saturated carbocycles. The highest BCUT2D eigenvalue weighted by atomic mass is 16.6. The van der Waals surface area contributed by atoms with E-state index in [2.05, 4.69) is 46.9 Å². The van der Waals surface area contributed by atoms with Crippen LogP contribution in [0.1, 0.15) is 157 Å². The van der Waals surface area contributed by atoms with Crippen molar-refractivity contribution in [1.82, 2.24) is 10.2 Å². The number of piperidine rings is 1. The zero-order valence-electron chi connectivity index (χ0n) is 26.3. The van der Waals surface area contributed by atoms with E-state index in [9.17, 15) is 9.59 Å². The van der Waals surface area contributed by atoms with Crippen LogP contribution >= 0.6 is 0 Å². The minimum atomic E-state index is -0.841. The van der Waals surface area contributed by atoms with Gasteiger partial charge in [0.15, 0.2) is 5.60 Å². The third-order valence-electron chi connectivity index (χ3n) is 9.34. The third-order valence-corrected chi connectivity index (χ3v) is 9.34. The van der Waals surface area contributed by atoms with Gasteiger partial charge in [-0.3, -0.25) is 9.59 Å².